The summed E-state index contributed by atoms with van der Waals surface area (Å²) in [7, 11) is 1.48. The number of pyridine rings is 1. The Balaban J connectivity index is 1.16. The highest BCUT2D eigenvalue weighted by molar-refractivity contribution is 6.17. The zero-order valence-corrected chi connectivity index (χ0v) is 22.6. The third-order valence-electron chi connectivity index (χ3n) is 7.46. The van der Waals surface area contributed by atoms with Crippen molar-refractivity contribution in [3.63, 3.8) is 0 Å². The number of fused-ring (bicyclic) bond motifs is 1. The van der Waals surface area contributed by atoms with Crippen LogP contribution in [0.15, 0.2) is 72.9 Å². The molecule has 1 aromatic heterocycles. The number of aromatic nitrogens is 1. The van der Waals surface area contributed by atoms with E-state index in [9.17, 15) is 23.9 Å². The lowest BCUT2D eigenvalue weighted by Gasteiger charge is -2.36. The maximum absolute atomic E-state index is 13.2. The van der Waals surface area contributed by atoms with Gasteiger partial charge in [-0.2, -0.15) is 0 Å². The van der Waals surface area contributed by atoms with Gasteiger partial charge in [-0.1, -0.05) is 0 Å². The van der Waals surface area contributed by atoms with E-state index >= 15 is 0 Å². The van der Waals surface area contributed by atoms with Crippen molar-refractivity contribution in [1.29, 1.82) is 0 Å². The first-order chi connectivity index (χ1) is 20.3. The van der Waals surface area contributed by atoms with Crippen LogP contribution in [0, 0.1) is 11.2 Å². The molecular weight excluding hydrogens is 543 g/mol. The van der Waals surface area contributed by atoms with Crippen LogP contribution in [0.3, 0.4) is 0 Å². The van der Waals surface area contributed by atoms with Crippen molar-refractivity contribution in [3.8, 4) is 17.2 Å². The molecule has 4 aromatic rings. The maximum Gasteiger partial charge on any atom is 0.257 e. The van der Waals surface area contributed by atoms with Crippen LogP contribution in [0.4, 0.5) is 15.8 Å². The van der Waals surface area contributed by atoms with E-state index in [2.05, 4.69) is 15.6 Å². The third kappa shape index (κ3) is 5.21. The SMILES string of the molecule is COc1cc2nccc(Oc3ccc(NC(=O)C4(C(=O)Nc5ccc(F)cc5)CC4)cc3)c2cc1C(=O)N1CC(O)C1. The average molecular weight is 571 g/mol. The van der Waals surface area contributed by atoms with E-state index in [1.807, 2.05) is 0 Å². The number of aliphatic hydroxyl groups is 1. The molecule has 1 saturated carbocycles. The third-order valence-corrected chi connectivity index (χ3v) is 7.46. The number of ether oxygens (including phenoxy) is 2. The minimum absolute atomic E-state index is 0.256. The molecule has 0 spiro atoms. The van der Waals surface area contributed by atoms with E-state index in [4.69, 9.17) is 9.47 Å². The van der Waals surface area contributed by atoms with E-state index in [1.165, 1.54) is 36.3 Å². The summed E-state index contributed by atoms with van der Waals surface area (Å²) in [5.41, 5.74) is 0.638. The number of carbonyl (C=O) groups excluding carboxylic acids is 3. The van der Waals surface area contributed by atoms with E-state index in [1.54, 1.807) is 48.7 Å². The molecule has 2 heterocycles. The Morgan fingerprint density at radius 2 is 1.55 bits per heavy atom. The fraction of sp³-hybridized carbons (Fsp3) is 0.226. The van der Waals surface area contributed by atoms with Gasteiger partial charge in [0.1, 0.15) is 28.5 Å². The normalized spacial score (nSPS) is 15.5. The summed E-state index contributed by atoms with van der Waals surface area (Å²) in [5.74, 6) is -0.211. The number of halogens is 1. The number of likely N-dealkylation sites (tertiary alicyclic amines) is 1. The van der Waals surface area contributed by atoms with Gasteiger partial charge in [0, 0.05) is 42.1 Å². The number of aliphatic hydroxyl groups excluding tert-OH is 1. The standard InChI is InChI=1S/C31H27FN4O6/c1-41-27-15-25-23(14-24(27)28(38)36-16-21(37)17-36)26(10-13-33-25)42-22-8-6-20(7-9-22)35-30(40)31(11-12-31)29(39)34-19-4-2-18(32)3-5-19/h2-10,13-15,21,37H,11-12,16-17H2,1H3,(H,34,39)(H,35,40). The smallest absolute Gasteiger partial charge is 0.257 e. The summed E-state index contributed by atoms with van der Waals surface area (Å²) >= 11 is 0. The largest absolute Gasteiger partial charge is 0.496 e. The zero-order valence-electron chi connectivity index (χ0n) is 22.6. The van der Waals surface area contributed by atoms with Crippen molar-refractivity contribution in [1.82, 2.24) is 9.88 Å². The molecular formula is C31H27FN4O6. The molecule has 2 fully saturated rings. The van der Waals surface area contributed by atoms with Gasteiger partial charge in [0.15, 0.2) is 0 Å². The second-order valence-corrected chi connectivity index (χ2v) is 10.4. The van der Waals surface area contributed by atoms with Crippen molar-refractivity contribution < 1.29 is 33.4 Å². The number of carbonyl (C=O) groups is 3. The van der Waals surface area contributed by atoms with Gasteiger partial charge in [0.25, 0.3) is 5.91 Å². The Labute approximate surface area is 240 Å². The van der Waals surface area contributed by atoms with Gasteiger partial charge in [-0.05, 0) is 73.5 Å². The first-order valence-corrected chi connectivity index (χ1v) is 13.4. The highest BCUT2D eigenvalue weighted by Gasteiger charge is 2.56. The second kappa shape index (κ2) is 10.7. The van der Waals surface area contributed by atoms with Gasteiger partial charge in [-0.3, -0.25) is 19.4 Å². The maximum atomic E-state index is 13.2. The van der Waals surface area contributed by atoms with E-state index in [-0.39, 0.29) is 19.0 Å². The molecule has 11 heteroatoms. The Morgan fingerprint density at radius 3 is 2.12 bits per heavy atom. The van der Waals surface area contributed by atoms with Gasteiger partial charge in [-0.25, -0.2) is 4.39 Å². The number of hydrogen-bond donors (Lipinski definition) is 3. The van der Waals surface area contributed by atoms with E-state index in [0.717, 1.165) is 0 Å². The number of nitrogens with zero attached hydrogens (tertiary/aromatic N) is 2. The van der Waals surface area contributed by atoms with Crippen LogP contribution >= 0.6 is 0 Å². The lowest BCUT2D eigenvalue weighted by atomic mass is 10.0. The molecule has 42 heavy (non-hydrogen) atoms. The summed E-state index contributed by atoms with van der Waals surface area (Å²) in [4.78, 5) is 44.8. The fourth-order valence-electron chi connectivity index (χ4n) is 4.81. The topological polar surface area (TPSA) is 130 Å². The number of methoxy groups -OCH3 is 1. The molecule has 6 rings (SSSR count). The number of hydrogen-bond acceptors (Lipinski definition) is 7. The molecule has 2 aliphatic rings. The number of benzene rings is 3. The van der Waals surface area contributed by atoms with Crippen molar-refractivity contribution in [2.24, 2.45) is 5.41 Å². The quantitative estimate of drug-likeness (QED) is 0.269. The number of nitrogens with one attached hydrogen (secondary N) is 2. The van der Waals surface area contributed by atoms with Gasteiger partial charge in [0.05, 0.1) is 24.3 Å². The van der Waals surface area contributed by atoms with Crippen LogP contribution in [-0.2, 0) is 9.59 Å². The molecule has 214 valence electrons. The Hall–Kier alpha value is -5.03. The van der Waals surface area contributed by atoms with Crippen LogP contribution in [-0.4, -0.2) is 59.0 Å². The number of β-amino-alcohol motifs (C(OH)–C–C–N with tert-alkyl or cyclic N) is 1. The Morgan fingerprint density at radius 1 is 0.929 bits per heavy atom. The molecule has 0 unspecified atom stereocenters. The molecule has 0 atom stereocenters. The predicted molar refractivity (Wildman–Crippen MR) is 152 cm³/mol. The van der Waals surface area contributed by atoms with Gasteiger partial charge in [-0.15, -0.1) is 0 Å². The van der Waals surface area contributed by atoms with Crippen molar-refractivity contribution in [2.75, 3.05) is 30.8 Å². The highest BCUT2D eigenvalue weighted by atomic mass is 19.1. The molecule has 0 bridgehead atoms. The van der Waals surface area contributed by atoms with Gasteiger partial charge in [0.2, 0.25) is 11.8 Å². The average Bonchev–Trinajstić information content (AvgIpc) is 3.79. The van der Waals surface area contributed by atoms with Crippen molar-refractivity contribution in [3.05, 3.63) is 84.3 Å². The van der Waals surface area contributed by atoms with Crippen LogP contribution in [0.25, 0.3) is 10.9 Å². The molecule has 1 aliphatic heterocycles. The Kier molecular flexibility index (Phi) is 6.95. The summed E-state index contributed by atoms with van der Waals surface area (Å²) in [5, 5.41) is 15.7. The molecule has 10 nitrogen and oxygen atoms in total. The molecule has 1 aliphatic carbocycles. The Bertz CT molecular complexity index is 1680. The van der Waals surface area contributed by atoms with Crippen molar-refractivity contribution >= 4 is 40.0 Å². The van der Waals surface area contributed by atoms with E-state index < -0.39 is 29.2 Å². The van der Waals surface area contributed by atoms with Gasteiger partial charge < -0.3 is 30.1 Å². The number of rotatable bonds is 8. The summed E-state index contributed by atoms with van der Waals surface area (Å²) in [6.07, 6.45) is 1.89. The zero-order chi connectivity index (χ0) is 29.4. The lowest BCUT2D eigenvalue weighted by molar-refractivity contribution is -0.131. The molecule has 1 saturated heterocycles. The predicted octanol–water partition coefficient (Wildman–Crippen LogP) is 4.35. The molecule has 3 N–H and O–H groups in total. The molecule has 3 aromatic carbocycles. The summed E-state index contributed by atoms with van der Waals surface area (Å²) in [6.45, 7) is 0.526. The van der Waals surface area contributed by atoms with Gasteiger partial charge >= 0.3 is 0 Å². The minimum Gasteiger partial charge on any atom is -0.496 e. The summed E-state index contributed by atoms with van der Waals surface area (Å²) < 4.78 is 24.7. The van der Waals surface area contributed by atoms with Crippen LogP contribution in [0.5, 0.6) is 17.2 Å². The second-order valence-electron chi connectivity index (χ2n) is 10.4. The summed E-state index contributed by atoms with van der Waals surface area (Å²) in [6, 6.07) is 17.1. The van der Waals surface area contributed by atoms with E-state index in [0.29, 0.717) is 57.9 Å². The monoisotopic (exact) mass is 570 g/mol. The molecule has 3 amide bonds. The number of anilines is 2. The molecule has 0 radical (unpaired) electrons. The van der Waals surface area contributed by atoms with Crippen molar-refractivity contribution in [2.45, 2.75) is 18.9 Å². The van der Waals surface area contributed by atoms with Crippen LogP contribution in [0.2, 0.25) is 0 Å². The highest BCUT2D eigenvalue weighted by Crippen LogP contribution is 2.47. The first-order valence-electron chi connectivity index (χ1n) is 13.4. The van der Waals surface area contributed by atoms with Crippen LogP contribution < -0.4 is 20.1 Å². The lowest BCUT2D eigenvalue weighted by Crippen LogP contribution is -2.53. The first kappa shape index (κ1) is 27.2. The fourth-order valence-corrected chi connectivity index (χ4v) is 4.81. The van der Waals surface area contributed by atoms with Crippen LogP contribution in [0.1, 0.15) is 23.2 Å². The number of amides is 3. The minimum atomic E-state index is -1.18.